The van der Waals surface area contributed by atoms with Crippen molar-refractivity contribution in [3.8, 4) is 0 Å². The normalized spacial score (nSPS) is 13.0. The number of aromatic nitrogens is 1. The van der Waals surface area contributed by atoms with Crippen molar-refractivity contribution in [2.45, 2.75) is 18.6 Å². The number of nitrogens with one attached hydrogen (secondary N) is 1. The highest BCUT2D eigenvalue weighted by molar-refractivity contribution is 5.79. The van der Waals surface area contributed by atoms with Gasteiger partial charge in [0.25, 0.3) is 0 Å². The summed E-state index contributed by atoms with van der Waals surface area (Å²) in [6.45, 7) is 0.509. The topological polar surface area (TPSA) is 82.5 Å². The lowest BCUT2D eigenvalue weighted by molar-refractivity contribution is -0.159. The van der Waals surface area contributed by atoms with Crippen LogP contribution < -0.4 is 5.32 Å². The molecule has 26 heavy (non-hydrogen) atoms. The van der Waals surface area contributed by atoms with E-state index in [1.165, 1.54) is 0 Å². The van der Waals surface area contributed by atoms with Crippen LogP contribution in [0.2, 0.25) is 0 Å². The van der Waals surface area contributed by atoms with Crippen molar-refractivity contribution in [2.75, 3.05) is 5.32 Å². The molecular formula is C21H20N2O3. The summed E-state index contributed by atoms with van der Waals surface area (Å²) < 4.78 is 0. The Morgan fingerprint density at radius 1 is 0.885 bits per heavy atom. The molecule has 132 valence electrons. The Labute approximate surface area is 152 Å². The van der Waals surface area contributed by atoms with E-state index in [9.17, 15) is 15.0 Å². The number of pyridine rings is 1. The van der Waals surface area contributed by atoms with Gasteiger partial charge in [0, 0.05) is 17.8 Å². The largest absolute Gasteiger partial charge is 0.479 e. The average molecular weight is 348 g/mol. The van der Waals surface area contributed by atoms with Crippen molar-refractivity contribution in [1.82, 2.24) is 4.98 Å². The summed E-state index contributed by atoms with van der Waals surface area (Å²) in [5.74, 6) is -1.29. The molecule has 1 atom stereocenters. The number of anilines is 1. The Morgan fingerprint density at radius 2 is 1.50 bits per heavy atom. The summed E-state index contributed by atoms with van der Waals surface area (Å²) in [6, 6.07) is 23.6. The Morgan fingerprint density at radius 3 is 2.15 bits per heavy atom. The molecule has 0 fully saturated rings. The van der Waals surface area contributed by atoms with Crippen LogP contribution in [-0.2, 0) is 23.4 Å². The third-order valence-electron chi connectivity index (χ3n) is 4.15. The molecule has 0 amide bonds. The fourth-order valence-corrected chi connectivity index (χ4v) is 2.75. The number of aliphatic hydroxyl groups is 1. The van der Waals surface area contributed by atoms with Crippen molar-refractivity contribution in [3.63, 3.8) is 0 Å². The van der Waals surface area contributed by atoms with Crippen LogP contribution in [0, 0.1) is 0 Å². The minimum absolute atomic E-state index is 0.106. The first-order valence-electron chi connectivity index (χ1n) is 8.33. The van der Waals surface area contributed by atoms with E-state index >= 15 is 0 Å². The first-order valence-corrected chi connectivity index (χ1v) is 8.33. The van der Waals surface area contributed by atoms with Crippen LogP contribution in [0.25, 0.3) is 0 Å². The SMILES string of the molecule is O=C(O)[C@](O)(Cc1cccc(CNc2ccccc2)n1)c1ccccc1. The second kappa shape index (κ2) is 7.80. The number of aliphatic carboxylic acids is 1. The number of nitrogens with zero attached hydrogens (tertiary/aromatic N) is 1. The summed E-state index contributed by atoms with van der Waals surface area (Å²) in [4.78, 5) is 16.2. The van der Waals surface area contributed by atoms with Gasteiger partial charge < -0.3 is 15.5 Å². The maximum Gasteiger partial charge on any atom is 0.340 e. The number of para-hydroxylation sites is 1. The van der Waals surface area contributed by atoms with Crippen molar-refractivity contribution < 1.29 is 15.0 Å². The molecule has 0 aliphatic heterocycles. The first-order chi connectivity index (χ1) is 12.6. The summed E-state index contributed by atoms with van der Waals surface area (Å²) in [5, 5.41) is 23.6. The van der Waals surface area contributed by atoms with Crippen LogP contribution in [0.15, 0.2) is 78.9 Å². The van der Waals surface area contributed by atoms with E-state index in [1.807, 2.05) is 42.5 Å². The molecule has 0 unspecified atom stereocenters. The van der Waals surface area contributed by atoms with Gasteiger partial charge in [0.1, 0.15) is 0 Å². The number of hydrogen-bond acceptors (Lipinski definition) is 4. The molecule has 0 bridgehead atoms. The zero-order valence-corrected chi connectivity index (χ0v) is 14.2. The van der Waals surface area contributed by atoms with Crippen molar-refractivity contribution in [1.29, 1.82) is 0 Å². The lowest BCUT2D eigenvalue weighted by Crippen LogP contribution is -2.38. The summed E-state index contributed by atoms with van der Waals surface area (Å²) in [7, 11) is 0. The fraction of sp³-hybridized carbons (Fsp3) is 0.143. The van der Waals surface area contributed by atoms with Gasteiger partial charge in [0.15, 0.2) is 5.60 Å². The maximum absolute atomic E-state index is 11.7. The van der Waals surface area contributed by atoms with Crippen LogP contribution in [0.4, 0.5) is 5.69 Å². The Bertz CT molecular complexity index is 869. The highest BCUT2D eigenvalue weighted by Gasteiger charge is 2.38. The van der Waals surface area contributed by atoms with E-state index in [4.69, 9.17) is 0 Å². The molecule has 5 heteroatoms. The second-order valence-electron chi connectivity index (χ2n) is 6.05. The van der Waals surface area contributed by atoms with E-state index < -0.39 is 11.6 Å². The molecule has 3 rings (SSSR count). The van der Waals surface area contributed by atoms with Gasteiger partial charge in [-0.05, 0) is 29.8 Å². The van der Waals surface area contributed by atoms with E-state index in [1.54, 1.807) is 36.4 Å². The van der Waals surface area contributed by atoms with Crippen LogP contribution in [0.1, 0.15) is 17.0 Å². The number of carboxylic acids is 1. The van der Waals surface area contributed by atoms with Gasteiger partial charge in [-0.2, -0.15) is 0 Å². The monoisotopic (exact) mass is 348 g/mol. The molecule has 2 aromatic carbocycles. The highest BCUT2D eigenvalue weighted by Crippen LogP contribution is 2.25. The van der Waals surface area contributed by atoms with Gasteiger partial charge in [0.05, 0.1) is 12.2 Å². The molecule has 1 heterocycles. The fourth-order valence-electron chi connectivity index (χ4n) is 2.75. The van der Waals surface area contributed by atoms with Gasteiger partial charge in [-0.15, -0.1) is 0 Å². The zero-order valence-electron chi connectivity index (χ0n) is 14.2. The van der Waals surface area contributed by atoms with Gasteiger partial charge in [-0.3, -0.25) is 4.98 Å². The van der Waals surface area contributed by atoms with Crippen LogP contribution in [-0.4, -0.2) is 21.2 Å². The summed E-state index contributed by atoms with van der Waals surface area (Å²) in [6.07, 6.45) is -0.106. The van der Waals surface area contributed by atoms with Crippen molar-refractivity contribution >= 4 is 11.7 Å². The van der Waals surface area contributed by atoms with Crippen LogP contribution in [0.5, 0.6) is 0 Å². The molecule has 3 N–H and O–H groups in total. The molecular weight excluding hydrogens is 328 g/mol. The van der Waals surface area contributed by atoms with Crippen molar-refractivity contribution in [3.05, 3.63) is 95.8 Å². The molecule has 0 saturated heterocycles. The Hall–Kier alpha value is -3.18. The minimum atomic E-state index is -2.01. The highest BCUT2D eigenvalue weighted by atomic mass is 16.4. The van der Waals surface area contributed by atoms with Crippen LogP contribution >= 0.6 is 0 Å². The lowest BCUT2D eigenvalue weighted by atomic mass is 9.89. The summed E-state index contributed by atoms with van der Waals surface area (Å²) in [5.41, 5.74) is 0.589. The molecule has 3 aromatic rings. The number of rotatable bonds is 7. The Kier molecular flexibility index (Phi) is 5.29. The Balaban J connectivity index is 1.77. The van der Waals surface area contributed by atoms with Gasteiger partial charge in [-0.25, -0.2) is 4.79 Å². The predicted molar refractivity (Wildman–Crippen MR) is 99.7 cm³/mol. The third kappa shape index (κ3) is 4.07. The average Bonchev–Trinajstić information content (AvgIpc) is 2.68. The quantitative estimate of drug-likeness (QED) is 0.611. The second-order valence-corrected chi connectivity index (χ2v) is 6.05. The molecule has 5 nitrogen and oxygen atoms in total. The minimum Gasteiger partial charge on any atom is -0.479 e. The molecule has 0 aliphatic rings. The van der Waals surface area contributed by atoms with Gasteiger partial charge in [-0.1, -0.05) is 54.6 Å². The van der Waals surface area contributed by atoms with E-state index in [0.717, 1.165) is 11.4 Å². The molecule has 1 aromatic heterocycles. The number of carbonyl (C=O) groups is 1. The zero-order chi connectivity index (χ0) is 18.4. The molecule has 0 radical (unpaired) electrons. The van der Waals surface area contributed by atoms with E-state index in [0.29, 0.717) is 17.8 Å². The maximum atomic E-state index is 11.7. The lowest BCUT2D eigenvalue weighted by Gasteiger charge is -2.23. The van der Waals surface area contributed by atoms with E-state index in [-0.39, 0.29) is 6.42 Å². The van der Waals surface area contributed by atoms with Gasteiger partial charge in [0.2, 0.25) is 0 Å². The molecule has 0 spiro atoms. The van der Waals surface area contributed by atoms with Crippen LogP contribution in [0.3, 0.4) is 0 Å². The number of benzene rings is 2. The number of carboxylic acid groups (broad SMARTS) is 1. The van der Waals surface area contributed by atoms with E-state index in [2.05, 4.69) is 10.3 Å². The van der Waals surface area contributed by atoms with Crippen molar-refractivity contribution in [2.24, 2.45) is 0 Å². The molecule has 0 saturated carbocycles. The standard InChI is InChI=1S/C21H20N2O3/c24-20(25)21(26,16-8-3-1-4-9-16)14-18-12-7-13-19(23-18)15-22-17-10-5-2-6-11-17/h1-13,22,26H,14-15H2,(H,24,25)/t21-/m0/s1. The summed E-state index contributed by atoms with van der Waals surface area (Å²) >= 11 is 0. The predicted octanol–water partition coefficient (Wildman–Crippen LogP) is 3.21. The number of hydrogen-bond donors (Lipinski definition) is 3. The first kappa shape index (κ1) is 17.6. The molecule has 0 aliphatic carbocycles. The third-order valence-corrected chi connectivity index (χ3v) is 4.15. The smallest absolute Gasteiger partial charge is 0.340 e. The van der Waals surface area contributed by atoms with Gasteiger partial charge >= 0.3 is 5.97 Å².